The number of hydrogen-bond donors (Lipinski definition) is 0. The lowest BCUT2D eigenvalue weighted by Gasteiger charge is -2.59. The summed E-state index contributed by atoms with van der Waals surface area (Å²) in [7, 11) is 2.02. The summed E-state index contributed by atoms with van der Waals surface area (Å²) in [6.45, 7) is 0. The van der Waals surface area contributed by atoms with E-state index in [1.54, 1.807) is 23.7 Å². The molecule has 0 unspecified atom stereocenters. The Morgan fingerprint density at radius 1 is 1.18 bits per heavy atom. The van der Waals surface area contributed by atoms with Crippen LogP contribution in [-0.4, -0.2) is 38.0 Å². The molecule has 0 saturated heterocycles. The SMILES string of the molecule is CN(C(=O)c1cnn2c(-c3cccs3)ccnc12)C12CC3CC(CC(C3)C1)C2. The number of rotatable bonds is 3. The zero-order valence-corrected chi connectivity index (χ0v) is 16.9. The lowest BCUT2D eigenvalue weighted by atomic mass is 9.52. The molecular weight excluding hydrogens is 368 g/mol. The highest BCUT2D eigenvalue weighted by atomic mass is 32.1. The van der Waals surface area contributed by atoms with Crippen molar-refractivity contribution in [3.05, 3.63) is 41.5 Å². The smallest absolute Gasteiger partial charge is 0.259 e. The monoisotopic (exact) mass is 392 g/mol. The van der Waals surface area contributed by atoms with E-state index in [1.165, 1.54) is 38.5 Å². The normalized spacial score (nSPS) is 30.8. The van der Waals surface area contributed by atoms with Gasteiger partial charge in [0.2, 0.25) is 0 Å². The zero-order valence-electron chi connectivity index (χ0n) is 16.0. The van der Waals surface area contributed by atoms with Gasteiger partial charge in [0.1, 0.15) is 5.56 Å². The van der Waals surface area contributed by atoms with Crippen molar-refractivity contribution in [1.82, 2.24) is 19.5 Å². The molecule has 4 fully saturated rings. The molecule has 0 spiro atoms. The molecule has 0 atom stereocenters. The van der Waals surface area contributed by atoms with Gasteiger partial charge in [0.15, 0.2) is 5.65 Å². The third-order valence-corrected chi connectivity index (χ3v) is 8.32. The maximum Gasteiger partial charge on any atom is 0.259 e. The van der Waals surface area contributed by atoms with E-state index in [0.29, 0.717) is 11.2 Å². The molecule has 3 heterocycles. The van der Waals surface area contributed by atoms with Crippen LogP contribution in [-0.2, 0) is 0 Å². The number of carbonyl (C=O) groups excluding carboxylic acids is 1. The van der Waals surface area contributed by atoms with Crippen molar-refractivity contribution < 1.29 is 4.79 Å². The maximum absolute atomic E-state index is 13.6. The van der Waals surface area contributed by atoms with Crippen molar-refractivity contribution in [2.75, 3.05) is 7.05 Å². The molecule has 6 heteroatoms. The first-order valence-electron chi connectivity index (χ1n) is 10.3. The fourth-order valence-electron chi connectivity index (χ4n) is 6.53. The number of aromatic nitrogens is 3. The third-order valence-electron chi connectivity index (χ3n) is 7.43. The molecule has 4 aliphatic carbocycles. The van der Waals surface area contributed by atoms with Crippen LogP contribution in [0.1, 0.15) is 48.9 Å². The average molecular weight is 393 g/mol. The molecule has 4 saturated carbocycles. The summed E-state index contributed by atoms with van der Waals surface area (Å²) in [5.74, 6) is 2.52. The summed E-state index contributed by atoms with van der Waals surface area (Å²) in [6.07, 6.45) is 11.2. The van der Waals surface area contributed by atoms with Gasteiger partial charge >= 0.3 is 0 Å². The lowest BCUT2D eigenvalue weighted by molar-refractivity contribution is -0.0665. The van der Waals surface area contributed by atoms with E-state index < -0.39 is 0 Å². The molecule has 0 radical (unpaired) electrons. The second kappa shape index (κ2) is 5.89. The molecule has 4 aliphatic rings. The summed E-state index contributed by atoms with van der Waals surface area (Å²) in [5, 5.41) is 6.59. The minimum Gasteiger partial charge on any atom is -0.336 e. The molecule has 3 aromatic heterocycles. The Bertz CT molecular complexity index is 1020. The van der Waals surface area contributed by atoms with Gasteiger partial charge < -0.3 is 4.90 Å². The highest BCUT2D eigenvalue weighted by molar-refractivity contribution is 7.13. The zero-order chi connectivity index (χ0) is 18.9. The van der Waals surface area contributed by atoms with Crippen LogP contribution >= 0.6 is 11.3 Å². The Hall–Kier alpha value is -2.21. The van der Waals surface area contributed by atoms with E-state index in [0.717, 1.165) is 28.3 Å². The lowest BCUT2D eigenvalue weighted by Crippen LogP contribution is -2.60. The van der Waals surface area contributed by atoms with Gasteiger partial charge in [-0.05, 0) is 73.8 Å². The van der Waals surface area contributed by atoms with Crippen molar-refractivity contribution >= 4 is 22.9 Å². The predicted octanol–water partition coefficient (Wildman–Crippen LogP) is 4.50. The number of fused-ring (bicyclic) bond motifs is 1. The summed E-state index contributed by atoms with van der Waals surface area (Å²) in [5.41, 5.74) is 2.31. The molecule has 4 bridgehead atoms. The molecule has 28 heavy (non-hydrogen) atoms. The van der Waals surface area contributed by atoms with Crippen LogP contribution in [0.5, 0.6) is 0 Å². The molecule has 144 valence electrons. The van der Waals surface area contributed by atoms with Gasteiger partial charge in [0, 0.05) is 18.8 Å². The van der Waals surface area contributed by atoms with Crippen LogP contribution in [0.3, 0.4) is 0 Å². The third kappa shape index (κ3) is 2.33. The molecule has 7 rings (SSSR count). The van der Waals surface area contributed by atoms with Gasteiger partial charge in [0.25, 0.3) is 5.91 Å². The fourth-order valence-corrected chi connectivity index (χ4v) is 7.26. The predicted molar refractivity (Wildman–Crippen MR) is 109 cm³/mol. The standard InChI is InChI=1S/C22H24N4OS/c1-25(22-10-14-7-15(11-22)9-16(8-14)12-22)21(27)17-13-24-26-18(4-5-23-20(17)26)19-3-2-6-28-19/h2-6,13-16H,7-12H2,1H3. The number of thiophene rings is 1. The molecule has 0 aliphatic heterocycles. The molecule has 0 aromatic carbocycles. The molecular formula is C22H24N4OS. The van der Waals surface area contributed by atoms with E-state index in [-0.39, 0.29) is 11.4 Å². The Balaban J connectivity index is 1.38. The number of amides is 1. The van der Waals surface area contributed by atoms with Gasteiger partial charge in [-0.15, -0.1) is 11.3 Å². The van der Waals surface area contributed by atoms with Crippen LogP contribution in [0.2, 0.25) is 0 Å². The van der Waals surface area contributed by atoms with Crippen LogP contribution in [0.4, 0.5) is 0 Å². The van der Waals surface area contributed by atoms with E-state index in [4.69, 9.17) is 0 Å². The topological polar surface area (TPSA) is 50.5 Å². The highest BCUT2D eigenvalue weighted by Gasteiger charge is 2.54. The van der Waals surface area contributed by atoms with E-state index in [9.17, 15) is 4.79 Å². The quantitative estimate of drug-likeness (QED) is 0.659. The first kappa shape index (κ1) is 16.7. The van der Waals surface area contributed by atoms with Gasteiger partial charge in [-0.2, -0.15) is 5.10 Å². The van der Waals surface area contributed by atoms with E-state index >= 15 is 0 Å². The molecule has 3 aromatic rings. The first-order valence-corrected chi connectivity index (χ1v) is 11.2. The molecule has 5 nitrogen and oxygen atoms in total. The Morgan fingerprint density at radius 2 is 1.89 bits per heavy atom. The summed E-state index contributed by atoms with van der Waals surface area (Å²) in [6, 6.07) is 6.07. The molecule has 1 amide bonds. The first-order chi connectivity index (χ1) is 13.6. The summed E-state index contributed by atoms with van der Waals surface area (Å²) in [4.78, 5) is 21.3. The second-order valence-corrected chi connectivity index (χ2v) is 10.1. The largest absolute Gasteiger partial charge is 0.336 e. The summed E-state index contributed by atoms with van der Waals surface area (Å²) >= 11 is 1.67. The maximum atomic E-state index is 13.6. The van der Waals surface area contributed by atoms with Gasteiger partial charge in [-0.1, -0.05) is 6.07 Å². The van der Waals surface area contributed by atoms with Crippen molar-refractivity contribution in [2.24, 2.45) is 17.8 Å². The Kier molecular flexibility index (Phi) is 3.52. The van der Waals surface area contributed by atoms with Crippen molar-refractivity contribution in [3.8, 4) is 10.6 Å². The fraction of sp³-hybridized carbons (Fsp3) is 0.500. The highest BCUT2D eigenvalue weighted by Crippen LogP contribution is 2.57. The number of hydrogen-bond acceptors (Lipinski definition) is 4. The minimum atomic E-state index is 0.0471. The van der Waals surface area contributed by atoms with Crippen LogP contribution < -0.4 is 0 Å². The summed E-state index contributed by atoms with van der Waals surface area (Å²) < 4.78 is 1.81. The van der Waals surface area contributed by atoms with Crippen LogP contribution in [0.15, 0.2) is 36.0 Å². The molecule has 0 N–H and O–H groups in total. The second-order valence-electron chi connectivity index (χ2n) is 9.11. The van der Waals surface area contributed by atoms with Gasteiger partial charge in [0.05, 0.1) is 16.8 Å². The van der Waals surface area contributed by atoms with Crippen molar-refractivity contribution in [1.29, 1.82) is 0 Å². The van der Waals surface area contributed by atoms with Gasteiger partial charge in [-0.25, -0.2) is 9.50 Å². The Morgan fingerprint density at radius 3 is 2.54 bits per heavy atom. The van der Waals surface area contributed by atoms with Crippen molar-refractivity contribution in [2.45, 2.75) is 44.1 Å². The minimum absolute atomic E-state index is 0.0471. The van der Waals surface area contributed by atoms with E-state index in [2.05, 4.69) is 26.4 Å². The average Bonchev–Trinajstić information content (AvgIpc) is 3.35. The van der Waals surface area contributed by atoms with Crippen LogP contribution in [0, 0.1) is 17.8 Å². The van der Waals surface area contributed by atoms with Gasteiger partial charge in [-0.3, -0.25) is 4.79 Å². The van der Waals surface area contributed by atoms with Crippen LogP contribution in [0.25, 0.3) is 16.2 Å². The Labute approximate surface area is 168 Å². The number of carbonyl (C=O) groups is 1. The number of nitrogens with zero attached hydrogens (tertiary/aromatic N) is 4. The van der Waals surface area contributed by atoms with E-state index in [1.807, 2.05) is 23.7 Å². The van der Waals surface area contributed by atoms with Crippen molar-refractivity contribution in [3.63, 3.8) is 0 Å².